The van der Waals surface area contributed by atoms with Gasteiger partial charge < -0.3 is 15.0 Å². The van der Waals surface area contributed by atoms with Crippen molar-refractivity contribution in [3.05, 3.63) is 41.0 Å². The zero-order valence-corrected chi connectivity index (χ0v) is 16.7. The highest BCUT2D eigenvalue weighted by atomic mass is 16.5. The molecule has 2 aromatic heterocycles. The first-order valence-electron chi connectivity index (χ1n) is 10.2. The lowest BCUT2D eigenvalue weighted by molar-refractivity contribution is -0.908. The number of morpholine rings is 1. The zero-order valence-electron chi connectivity index (χ0n) is 16.7. The number of para-hydroxylation sites is 2. The van der Waals surface area contributed by atoms with Crippen LogP contribution in [0.3, 0.4) is 0 Å². The molecule has 28 heavy (non-hydrogen) atoms. The van der Waals surface area contributed by atoms with E-state index in [-0.39, 0.29) is 0 Å². The number of anilines is 1. The number of benzene rings is 1. The summed E-state index contributed by atoms with van der Waals surface area (Å²) in [5.41, 5.74) is 5.63. The van der Waals surface area contributed by atoms with Crippen LogP contribution < -0.4 is 10.2 Å². The fourth-order valence-corrected chi connectivity index (χ4v) is 4.26. The molecule has 2 N–H and O–H groups in total. The minimum atomic E-state index is 0.677. The number of nitriles is 1. The summed E-state index contributed by atoms with van der Waals surface area (Å²) in [6.07, 6.45) is 1.98. The van der Waals surface area contributed by atoms with Crippen molar-refractivity contribution in [2.45, 2.75) is 26.7 Å². The Morgan fingerprint density at radius 2 is 2.07 bits per heavy atom. The first-order chi connectivity index (χ1) is 13.7. The van der Waals surface area contributed by atoms with Gasteiger partial charge >= 0.3 is 0 Å². The van der Waals surface area contributed by atoms with Crippen LogP contribution in [0.5, 0.6) is 0 Å². The lowest BCUT2D eigenvalue weighted by atomic mass is 10.0. The lowest BCUT2D eigenvalue weighted by Crippen LogP contribution is -3.14. The number of ether oxygens (including phenoxy) is 1. The van der Waals surface area contributed by atoms with Gasteiger partial charge in [-0.25, -0.2) is 4.98 Å². The summed E-state index contributed by atoms with van der Waals surface area (Å²) < 4.78 is 7.59. The number of quaternary nitrogens is 1. The van der Waals surface area contributed by atoms with E-state index in [9.17, 15) is 5.26 Å². The van der Waals surface area contributed by atoms with Crippen LogP contribution in [0.25, 0.3) is 16.7 Å². The molecule has 1 aromatic carbocycles. The van der Waals surface area contributed by atoms with Crippen LogP contribution in [0.1, 0.15) is 30.0 Å². The number of nitrogens with one attached hydrogen (secondary N) is 2. The molecule has 6 nitrogen and oxygen atoms in total. The number of nitrogens with zero attached hydrogens (tertiary/aromatic N) is 3. The Kier molecular flexibility index (Phi) is 5.47. The van der Waals surface area contributed by atoms with Gasteiger partial charge in [0.25, 0.3) is 0 Å². The third-order valence-electron chi connectivity index (χ3n) is 5.79. The normalized spacial score (nSPS) is 15.2. The molecule has 6 heteroatoms. The Bertz CT molecular complexity index is 1030. The Balaban J connectivity index is 1.68. The van der Waals surface area contributed by atoms with Gasteiger partial charge in [-0.3, -0.25) is 4.40 Å². The highest BCUT2D eigenvalue weighted by Crippen LogP contribution is 2.31. The Morgan fingerprint density at radius 1 is 1.29 bits per heavy atom. The number of imidazole rings is 1. The molecule has 0 amide bonds. The third kappa shape index (κ3) is 3.32. The molecule has 4 rings (SSSR count). The van der Waals surface area contributed by atoms with Crippen molar-refractivity contribution < 1.29 is 9.64 Å². The Morgan fingerprint density at radius 3 is 2.82 bits per heavy atom. The van der Waals surface area contributed by atoms with E-state index in [1.165, 1.54) is 5.56 Å². The topological polar surface area (TPSA) is 66.8 Å². The number of fused-ring (bicyclic) bond motifs is 3. The largest absolute Gasteiger partial charge is 0.371 e. The molecule has 3 aromatic rings. The van der Waals surface area contributed by atoms with Gasteiger partial charge in [-0.05, 0) is 36.6 Å². The van der Waals surface area contributed by atoms with Crippen LogP contribution in [-0.2, 0) is 11.2 Å². The maximum Gasteiger partial charge on any atom is 0.157 e. The van der Waals surface area contributed by atoms with Crippen LogP contribution in [0.4, 0.5) is 5.82 Å². The van der Waals surface area contributed by atoms with E-state index in [1.54, 1.807) is 4.90 Å². The molecule has 1 fully saturated rings. The maximum absolute atomic E-state index is 9.77. The van der Waals surface area contributed by atoms with Crippen molar-refractivity contribution in [2.75, 3.05) is 44.7 Å². The zero-order chi connectivity index (χ0) is 19.5. The van der Waals surface area contributed by atoms with Gasteiger partial charge in [0.2, 0.25) is 0 Å². The van der Waals surface area contributed by atoms with Crippen molar-refractivity contribution >= 4 is 22.5 Å². The monoisotopic (exact) mass is 378 g/mol. The molecule has 0 unspecified atom stereocenters. The summed E-state index contributed by atoms with van der Waals surface area (Å²) in [6, 6.07) is 10.5. The molecule has 0 bridgehead atoms. The predicted molar refractivity (Wildman–Crippen MR) is 111 cm³/mol. The first kappa shape index (κ1) is 18.7. The van der Waals surface area contributed by atoms with Crippen LogP contribution in [0.15, 0.2) is 24.3 Å². The van der Waals surface area contributed by atoms with E-state index < -0.39 is 0 Å². The predicted octanol–water partition coefficient (Wildman–Crippen LogP) is 1.95. The molecule has 1 aliphatic rings. The maximum atomic E-state index is 9.77. The molecular weight excluding hydrogens is 350 g/mol. The second kappa shape index (κ2) is 8.17. The molecule has 0 radical (unpaired) electrons. The van der Waals surface area contributed by atoms with Crippen molar-refractivity contribution in [1.29, 1.82) is 5.26 Å². The summed E-state index contributed by atoms with van der Waals surface area (Å²) in [4.78, 5) is 6.39. The standard InChI is InChI=1S/C22H27N5O/c1-3-17-16(2)18(15-23)22-25-19-7-4-5-8-20(19)27(22)21(17)24-9-6-10-26-11-13-28-14-12-26/h4-5,7-8,24H,3,6,9-14H2,1-2H3/p+1. The summed E-state index contributed by atoms with van der Waals surface area (Å²) in [6.45, 7) is 10.2. The van der Waals surface area contributed by atoms with Gasteiger partial charge in [-0.1, -0.05) is 19.1 Å². The van der Waals surface area contributed by atoms with Crippen LogP contribution in [-0.4, -0.2) is 48.8 Å². The van der Waals surface area contributed by atoms with Crippen molar-refractivity contribution in [2.24, 2.45) is 0 Å². The molecule has 1 saturated heterocycles. The van der Waals surface area contributed by atoms with E-state index in [0.29, 0.717) is 5.56 Å². The van der Waals surface area contributed by atoms with Crippen molar-refractivity contribution in [1.82, 2.24) is 9.38 Å². The fraction of sp³-hybridized carbons (Fsp3) is 0.455. The Hall–Kier alpha value is -2.62. The van der Waals surface area contributed by atoms with Gasteiger partial charge in [0.15, 0.2) is 5.65 Å². The molecule has 146 valence electrons. The van der Waals surface area contributed by atoms with Crippen LogP contribution in [0.2, 0.25) is 0 Å². The quantitative estimate of drug-likeness (QED) is 0.644. The smallest absolute Gasteiger partial charge is 0.157 e. The first-order valence-corrected chi connectivity index (χ1v) is 10.2. The van der Waals surface area contributed by atoms with E-state index in [2.05, 4.69) is 28.8 Å². The summed E-state index contributed by atoms with van der Waals surface area (Å²) in [7, 11) is 0. The number of hydrogen-bond donors (Lipinski definition) is 2. The van der Waals surface area contributed by atoms with Crippen LogP contribution >= 0.6 is 0 Å². The second-order valence-electron chi connectivity index (χ2n) is 7.44. The minimum absolute atomic E-state index is 0.677. The SMILES string of the molecule is CCc1c(C)c(C#N)c2nc3ccccc3n2c1NCCC[NH+]1CCOCC1. The number of rotatable bonds is 6. The Labute approximate surface area is 165 Å². The van der Waals surface area contributed by atoms with Gasteiger partial charge in [0, 0.05) is 13.0 Å². The number of pyridine rings is 1. The summed E-state index contributed by atoms with van der Waals surface area (Å²) in [5.74, 6) is 1.08. The molecule has 0 spiro atoms. The molecule has 0 atom stereocenters. The lowest BCUT2D eigenvalue weighted by Gasteiger charge is -2.24. The highest BCUT2D eigenvalue weighted by Gasteiger charge is 2.20. The molecular formula is C22H28N5O+. The molecule has 3 heterocycles. The highest BCUT2D eigenvalue weighted by molar-refractivity contribution is 5.86. The van der Waals surface area contributed by atoms with Crippen molar-refractivity contribution in [3.8, 4) is 6.07 Å². The number of aromatic nitrogens is 2. The molecule has 1 aliphatic heterocycles. The van der Waals surface area contributed by atoms with Gasteiger partial charge in [0.1, 0.15) is 25.0 Å². The van der Waals surface area contributed by atoms with E-state index in [1.807, 2.05) is 25.1 Å². The summed E-state index contributed by atoms with van der Waals surface area (Å²) >= 11 is 0. The molecule has 0 saturated carbocycles. The molecule has 0 aliphatic carbocycles. The van der Waals surface area contributed by atoms with Gasteiger partial charge in [-0.2, -0.15) is 5.26 Å². The average molecular weight is 379 g/mol. The number of hydrogen-bond acceptors (Lipinski definition) is 4. The minimum Gasteiger partial charge on any atom is -0.371 e. The van der Waals surface area contributed by atoms with E-state index in [0.717, 1.165) is 80.3 Å². The van der Waals surface area contributed by atoms with E-state index >= 15 is 0 Å². The average Bonchev–Trinajstić information content (AvgIpc) is 3.11. The fourth-order valence-electron chi connectivity index (χ4n) is 4.26. The van der Waals surface area contributed by atoms with Gasteiger partial charge in [0.05, 0.1) is 36.4 Å². The second-order valence-corrected chi connectivity index (χ2v) is 7.44. The van der Waals surface area contributed by atoms with Gasteiger partial charge in [-0.15, -0.1) is 0 Å². The van der Waals surface area contributed by atoms with Crippen LogP contribution in [0, 0.1) is 18.3 Å². The van der Waals surface area contributed by atoms with E-state index in [4.69, 9.17) is 9.72 Å². The third-order valence-corrected chi connectivity index (χ3v) is 5.79. The van der Waals surface area contributed by atoms with Crippen molar-refractivity contribution in [3.63, 3.8) is 0 Å². The summed E-state index contributed by atoms with van der Waals surface area (Å²) in [5, 5.41) is 13.5.